The number of nitrogen functional groups attached to an aromatic ring is 1. The van der Waals surface area contributed by atoms with Crippen molar-refractivity contribution in [2.75, 3.05) is 61.8 Å². The van der Waals surface area contributed by atoms with Gasteiger partial charge in [-0.3, -0.25) is 14.5 Å². The minimum absolute atomic E-state index is 0.0796. The fraction of sp³-hybridized carbons (Fsp3) is 0.684. The van der Waals surface area contributed by atoms with Crippen molar-refractivity contribution in [3.05, 3.63) is 0 Å². The van der Waals surface area contributed by atoms with Crippen molar-refractivity contribution in [2.24, 2.45) is 0 Å². The molecule has 0 radical (unpaired) electrons. The van der Waals surface area contributed by atoms with Crippen molar-refractivity contribution in [3.63, 3.8) is 0 Å². The third-order valence-corrected chi connectivity index (χ3v) is 5.74. The van der Waals surface area contributed by atoms with Crippen LogP contribution in [0, 0.1) is 0 Å². The van der Waals surface area contributed by atoms with E-state index in [2.05, 4.69) is 27.1 Å². The van der Waals surface area contributed by atoms with Gasteiger partial charge in [0.1, 0.15) is 11.7 Å². The van der Waals surface area contributed by atoms with Crippen LogP contribution in [0.15, 0.2) is 0 Å². The van der Waals surface area contributed by atoms with Crippen molar-refractivity contribution < 1.29 is 14.3 Å². The van der Waals surface area contributed by atoms with E-state index in [-0.39, 0.29) is 23.6 Å². The van der Waals surface area contributed by atoms with Crippen molar-refractivity contribution in [1.29, 1.82) is 0 Å². The number of nitrogens with two attached hydrogens (primary N) is 1. The van der Waals surface area contributed by atoms with Crippen molar-refractivity contribution in [2.45, 2.75) is 38.6 Å². The molecule has 3 aliphatic heterocycles. The Bertz CT molecular complexity index is 781. The summed E-state index contributed by atoms with van der Waals surface area (Å²) in [6.45, 7) is 6.37. The molecule has 3 aliphatic rings. The van der Waals surface area contributed by atoms with Gasteiger partial charge in [-0.15, -0.1) is 0 Å². The molecule has 4 rings (SSSR count). The van der Waals surface area contributed by atoms with E-state index in [4.69, 9.17) is 10.5 Å². The third kappa shape index (κ3) is 4.07. The molecule has 1 atom stereocenters. The minimum atomic E-state index is -0.489. The molecule has 4 heterocycles. The Morgan fingerprint density at radius 2 is 2.03 bits per heavy atom. The van der Waals surface area contributed by atoms with Crippen LogP contribution in [0.1, 0.15) is 32.6 Å². The summed E-state index contributed by atoms with van der Waals surface area (Å²) < 4.78 is 5.62. The first kappa shape index (κ1) is 19.7. The highest BCUT2D eigenvalue weighted by Gasteiger charge is 2.41. The van der Waals surface area contributed by atoms with Crippen molar-refractivity contribution in [3.8, 4) is 6.01 Å². The zero-order valence-electron chi connectivity index (χ0n) is 16.9. The highest BCUT2D eigenvalue weighted by molar-refractivity contribution is 6.05. The molecule has 1 unspecified atom stereocenters. The number of nitrogens with zero attached hydrogens (tertiary/aromatic N) is 5. The number of rotatable bonds is 6. The fourth-order valence-corrected chi connectivity index (χ4v) is 4.07. The number of hydrogen-bond donors (Lipinski definition) is 2. The van der Waals surface area contributed by atoms with Crippen LogP contribution in [0.3, 0.4) is 0 Å². The zero-order valence-corrected chi connectivity index (χ0v) is 16.9. The van der Waals surface area contributed by atoms with Gasteiger partial charge < -0.3 is 25.6 Å². The van der Waals surface area contributed by atoms with Gasteiger partial charge in [-0.05, 0) is 32.4 Å². The van der Waals surface area contributed by atoms with Gasteiger partial charge in [-0.25, -0.2) is 0 Å². The van der Waals surface area contributed by atoms with Crippen LogP contribution in [0.4, 0.5) is 17.3 Å². The van der Waals surface area contributed by atoms with Gasteiger partial charge in [-0.1, -0.05) is 13.3 Å². The van der Waals surface area contributed by atoms with Crippen LogP contribution in [-0.4, -0.2) is 83.5 Å². The Kier molecular flexibility index (Phi) is 5.70. The van der Waals surface area contributed by atoms with Gasteiger partial charge in [0.15, 0.2) is 11.6 Å². The number of ether oxygens (including phenoxy) is 1. The average Bonchev–Trinajstić information content (AvgIpc) is 3.22. The monoisotopic (exact) mass is 403 g/mol. The van der Waals surface area contributed by atoms with Gasteiger partial charge >= 0.3 is 6.01 Å². The van der Waals surface area contributed by atoms with E-state index in [1.54, 1.807) is 4.90 Å². The average molecular weight is 403 g/mol. The number of carbonyl (C=O) groups is 2. The Hall–Kier alpha value is -2.62. The molecule has 158 valence electrons. The molecule has 29 heavy (non-hydrogen) atoms. The number of nitrogens with one attached hydrogen (secondary N) is 1. The van der Waals surface area contributed by atoms with E-state index in [1.807, 2.05) is 4.90 Å². The maximum Gasteiger partial charge on any atom is 0.320 e. The van der Waals surface area contributed by atoms with Crippen molar-refractivity contribution in [1.82, 2.24) is 19.8 Å². The molecule has 10 nitrogen and oxygen atoms in total. The lowest BCUT2D eigenvalue weighted by atomic mass is 10.1. The topological polar surface area (TPSA) is 117 Å². The number of likely N-dealkylation sites (tertiary alicyclic amines) is 1. The molecule has 0 saturated carbocycles. The van der Waals surface area contributed by atoms with E-state index in [1.165, 1.54) is 0 Å². The smallest absolute Gasteiger partial charge is 0.320 e. The number of anilines is 3. The Labute approximate surface area is 170 Å². The van der Waals surface area contributed by atoms with E-state index in [0.717, 1.165) is 38.8 Å². The Balaban J connectivity index is 1.48. The largest absolute Gasteiger partial charge is 0.463 e. The SMILES string of the molecule is CCCCOc1nc(N)c2c(n1)N1CCN(C(=O)CN3CCCC3)CC1C(=O)N2. The summed E-state index contributed by atoms with van der Waals surface area (Å²) in [5.41, 5.74) is 6.48. The number of carbonyl (C=O) groups excluding carboxylic acids is 2. The summed E-state index contributed by atoms with van der Waals surface area (Å²) in [5, 5.41) is 2.82. The Morgan fingerprint density at radius 1 is 1.24 bits per heavy atom. The van der Waals surface area contributed by atoms with Crippen LogP contribution in [-0.2, 0) is 9.59 Å². The lowest BCUT2D eigenvalue weighted by Crippen LogP contribution is -2.62. The lowest BCUT2D eigenvalue weighted by Gasteiger charge is -2.44. The number of fused-ring (bicyclic) bond motifs is 3. The van der Waals surface area contributed by atoms with E-state index >= 15 is 0 Å². The molecule has 3 N–H and O–H groups in total. The summed E-state index contributed by atoms with van der Waals surface area (Å²) >= 11 is 0. The number of unbranched alkanes of at least 4 members (excludes halogenated alkanes) is 1. The standard InChI is InChI=1S/C19H29N7O3/c1-2-3-10-29-19-22-16(20)15-17(23-19)26-9-8-25(11-13(26)18(28)21-15)14(27)12-24-6-4-5-7-24/h13H,2-12H2,1H3,(H,21,28)(H2,20,22,23). The normalized spacial score (nSPS) is 21.6. The number of piperazine rings is 1. The summed E-state index contributed by atoms with van der Waals surface area (Å²) in [6, 6.07) is -0.270. The summed E-state index contributed by atoms with van der Waals surface area (Å²) in [4.78, 5) is 40.0. The van der Waals surface area contributed by atoms with Crippen LogP contribution in [0.5, 0.6) is 6.01 Å². The highest BCUT2D eigenvalue weighted by Crippen LogP contribution is 2.36. The second-order valence-electron chi connectivity index (χ2n) is 7.81. The molecular formula is C19H29N7O3. The number of aromatic nitrogens is 2. The maximum atomic E-state index is 12.7. The van der Waals surface area contributed by atoms with Gasteiger partial charge in [-0.2, -0.15) is 9.97 Å². The van der Waals surface area contributed by atoms with E-state index in [9.17, 15) is 9.59 Å². The summed E-state index contributed by atoms with van der Waals surface area (Å²) in [6.07, 6.45) is 4.20. The molecule has 2 saturated heterocycles. The molecule has 2 fully saturated rings. The molecule has 2 amide bonds. The summed E-state index contributed by atoms with van der Waals surface area (Å²) in [5.74, 6) is 0.656. The highest BCUT2D eigenvalue weighted by atomic mass is 16.5. The van der Waals surface area contributed by atoms with Gasteiger partial charge in [0.05, 0.1) is 19.7 Å². The van der Waals surface area contributed by atoms with Crippen LogP contribution in [0.2, 0.25) is 0 Å². The predicted octanol–water partition coefficient (Wildman–Crippen LogP) is 0.303. The quantitative estimate of drug-likeness (QED) is 0.652. The lowest BCUT2D eigenvalue weighted by molar-refractivity contribution is -0.133. The van der Waals surface area contributed by atoms with Gasteiger partial charge in [0, 0.05) is 13.1 Å². The molecule has 1 aromatic heterocycles. The van der Waals surface area contributed by atoms with E-state index in [0.29, 0.717) is 44.3 Å². The molecule has 1 aromatic rings. The van der Waals surface area contributed by atoms with Crippen LogP contribution < -0.4 is 20.7 Å². The van der Waals surface area contributed by atoms with Crippen LogP contribution >= 0.6 is 0 Å². The second kappa shape index (κ2) is 8.40. The molecular weight excluding hydrogens is 374 g/mol. The van der Waals surface area contributed by atoms with Crippen molar-refractivity contribution >= 4 is 29.1 Å². The second-order valence-corrected chi connectivity index (χ2v) is 7.81. The molecule has 0 aliphatic carbocycles. The first-order chi connectivity index (χ1) is 14.1. The number of amides is 2. The molecule has 0 aromatic carbocycles. The first-order valence-electron chi connectivity index (χ1n) is 10.4. The zero-order chi connectivity index (χ0) is 20.4. The van der Waals surface area contributed by atoms with Gasteiger partial charge in [0.25, 0.3) is 0 Å². The maximum absolute atomic E-state index is 12.7. The Morgan fingerprint density at radius 3 is 2.79 bits per heavy atom. The molecule has 0 spiro atoms. The van der Waals surface area contributed by atoms with E-state index < -0.39 is 6.04 Å². The van der Waals surface area contributed by atoms with Gasteiger partial charge in [0.2, 0.25) is 11.8 Å². The summed E-state index contributed by atoms with van der Waals surface area (Å²) in [7, 11) is 0. The first-order valence-corrected chi connectivity index (χ1v) is 10.4. The van der Waals surface area contributed by atoms with Crippen LogP contribution in [0.25, 0.3) is 0 Å². The predicted molar refractivity (Wildman–Crippen MR) is 109 cm³/mol. The number of hydrogen-bond acceptors (Lipinski definition) is 8. The third-order valence-electron chi connectivity index (χ3n) is 5.74. The fourth-order valence-electron chi connectivity index (χ4n) is 4.07. The molecule has 0 bridgehead atoms. The minimum Gasteiger partial charge on any atom is -0.463 e. The molecule has 10 heteroatoms.